The Kier molecular flexibility index (Phi) is 5.18. The molecule has 0 amide bonds. The average molecular weight is 230 g/mol. The maximum atomic E-state index is 5.96. The van der Waals surface area contributed by atoms with Crippen LogP contribution in [0.5, 0.6) is 0 Å². The van der Waals surface area contributed by atoms with Gasteiger partial charge in [0.2, 0.25) is 0 Å². The predicted octanol–water partition coefficient (Wildman–Crippen LogP) is 0.850. The van der Waals surface area contributed by atoms with Gasteiger partial charge in [-0.25, -0.2) is 0 Å². The van der Waals surface area contributed by atoms with Gasteiger partial charge in [0.15, 0.2) is 0 Å². The molecule has 0 spiro atoms. The summed E-state index contributed by atoms with van der Waals surface area (Å²) in [5.74, 6) is 0. The number of hydrogen-bond acceptors (Lipinski definition) is 4. The van der Waals surface area contributed by atoms with Gasteiger partial charge in [0, 0.05) is 26.7 Å². The summed E-state index contributed by atoms with van der Waals surface area (Å²) < 4.78 is 11.1. The second-order valence-corrected chi connectivity index (χ2v) is 4.88. The van der Waals surface area contributed by atoms with Gasteiger partial charge in [-0.2, -0.15) is 0 Å². The van der Waals surface area contributed by atoms with E-state index in [0.29, 0.717) is 13.2 Å². The Morgan fingerprint density at radius 3 is 2.31 bits per heavy atom. The number of rotatable bonds is 5. The van der Waals surface area contributed by atoms with Gasteiger partial charge in [-0.15, -0.1) is 0 Å². The standard InChI is InChI=1S/C12H26N2O2/c1-5-12(8-13,9-15-4)14-6-10(2)16-11(3)7-14/h10-11H,5-9,13H2,1-4H3. The van der Waals surface area contributed by atoms with E-state index in [0.717, 1.165) is 19.5 Å². The molecule has 1 aliphatic rings. The van der Waals surface area contributed by atoms with Gasteiger partial charge in [-0.3, -0.25) is 4.90 Å². The van der Waals surface area contributed by atoms with Crippen LogP contribution in [0.2, 0.25) is 0 Å². The maximum absolute atomic E-state index is 5.96. The normalized spacial score (nSPS) is 31.3. The molecule has 1 aliphatic heterocycles. The summed E-state index contributed by atoms with van der Waals surface area (Å²) in [5, 5.41) is 0. The first-order valence-corrected chi connectivity index (χ1v) is 6.17. The SMILES string of the molecule is CCC(CN)(COC)N1CC(C)OC(C)C1. The van der Waals surface area contributed by atoms with Crippen LogP contribution in [0.1, 0.15) is 27.2 Å². The number of nitrogens with two attached hydrogens (primary N) is 1. The van der Waals surface area contributed by atoms with Gasteiger partial charge in [0.05, 0.1) is 24.4 Å². The summed E-state index contributed by atoms with van der Waals surface area (Å²) in [7, 11) is 1.74. The highest BCUT2D eigenvalue weighted by Gasteiger charge is 2.38. The second kappa shape index (κ2) is 5.96. The molecule has 4 nitrogen and oxygen atoms in total. The third-order valence-corrected chi connectivity index (χ3v) is 3.54. The number of ether oxygens (including phenoxy) is 2. The van der Waals surface area contributed by atoms with E-state index < -0.39 is 0 Å². The van der Waals surface area contributed by atoms with Crippen molar-refractivity contribution in [1.82, 2.24) is 4.90 Å². The van der Waals surface area contributed by atoms with E-state index in [9.17, 15) is 0 Å². The molecule has 1 fully saturated rings. The summed E-state index contributed by atoms with van der Waals surface area (Å²) in [6, 6.07) is 0. The Morgan fingerprint density at radius 1 is 1.38 bits per heavy atom. The Morgan fingerprint density at radius 2 is 1.94 bits per heavy atom. The van der Waals surface area contributed by atoms with Crippen molar-refractivity contribution in [2.24, 2.45) is 5.73 Å². The van der Waals surface area contributed by atoms with Crippen molar-refractivity contribution in [2.45, 2.75) is 44.9 Å². The van der Waals surface area contributed by atoms with E-state index in [1.807, 2.05) is 0 Å². The van der Waals surface area contributed by atoms with E-state index in [1.54, 1.807) is 7.11 Å². The van der Waals surface area contributed by atoms with E-state index in [2.05, 4.69) is 25.7 Å². The Hall–Kier alpha value is -0.160. The highest BCUT2D eigenvalue weighted by Crippen LogP contribution is 2.24. The van der Waals surface area contributed by atoms with Crippen LogP contribution in [0.4, 0.5) is 0 Å². The van der Waals surface area contributed by atoms with Crippen LogP contribution >= 0.6 is 0 Å². The molecule has 0 bridgehead atoms. The minimum absolute atomic E-state index is 0.0267. The zero-order valence-electron chi connectivity index (χ0n) is 11.0. The first-order chi connectivity index (χ1) is 7.57. The zero-order valence-corrected chi connectivity index (χ0v) is 11.0. The van der Waals surface area contributed by atoms with Crippen LogP contribution in [0.25, 0.3) is 0 Å². The van der Waals surface area contributed by atoms with E-state index >= 15 is 0 Å². The van der Waals surface area contributed by atoms with E-state index in [-0.39, 0.29) is 17.7 Å². The highest BCUT2D eigenvalue weighted by molar-refractivity contribution is 4.93. The van der Waals surface area contributed by atoms with E-state index in [4.69, 9.17) is 15.2 Å². The van der Waals surface area contributed by atoms with Crippen molar-refractivity contribution in [3.05, 3.63) is 0 Å². The predicted molar refractivity (Wildman–Crippen MR) is 65.5 cm³/mol. The van der Waals surface area contributed by atoms with Crippen LogP contribution in [-0.2, 0) is 9.47 Å². The fraction of sp³-hybridized carbons (Fsp3) is 1.00. The van der Waals surface area contributed by atoms with Gasteiger partial charge in [-0.05, 0) is 20.3 Å². The molecule has 96 valence electrons. The highest BCUT2D eigenvalue weighted by atomic mass is 16.5. The van der Waals surface area contributed by atoms with Crippen molar-refractivity contribution in [2.75, 3.05) is 33.4 Å². The fourth-order valence-electron chi connectivity index (χ4n) is 2.58. The lowest BCUT2D eigenvalue weighted by atomic mass is 9.93. The second-order valence-electron chi connectivity index (χ2n) is 4.88. The molecule has 1 rings (SSSR count). The summed E-state index contributed by atoms with van der Waals surface area (Å²) in [5.41, 5.74) is 5.94. The Bertz CT molecular complexity index is 197. The molecule has 16 heavy (non-hydrogen) atoms. The lowest BCUT2D eigenvalue weighted by molar-refractivity contribution is -0.114. The third kappa shape index (κ3) is 2.94. The molecule has 3 unspecified atom stereocenters. The van der Waals surface area contributed by atoms with Crippen LogP contribution in [-0.4, -0.2) is 56.0 Å². The van der Waals surface area contributed by atoms with Crippen LogP contribution in [0, 0.1) is 0 Å². The van der Waals surface area contributed by atoms with Crippen molar-refractivity contribution in [3.8, 4) is 0 Å². The summed E-state index contributed by atoms with van der Waals surface area (Å²) in [6.07, 6.45) is 1.56. The van der Waals surface area contributed by atoms with Gasteiger partial charge < -0.3 is 15.2 Å². The van der Waals surface area contributed by atoms with E-state index in [1.165, 1.54) is 0 Å². The summed E-state index contributed by atoms with van der Waals surface area (Å²) in [4.78, 5) is 2.44. The molecule has 0 saturated carbocycles. The molecule has 0 aromatic rings. The van der Waals surface area contributed by atoms with Crippen molar-refractivity contribution in [3.63, 3.8) is 0 Å². The van der Waals surface area contributed by atoms with Crippen LogP contribution in [0.15, 0.2) is 0 Å². The molecule has 4 heteroatoms. The molecular weight excluding hydrogens is 204 g/mol. The number of methoxy groups -OCH3 is 1. The quantitative estimate of drug-likeness (QED) is 0.760. The van der Waals surface area contributed by atoms with Crippen LogP contribution < -0.4 is 5.73 Å². The minimum Gasteiger partial charge on any atom is -0.383 e. The first-order valence-electron chi connectivity index (χ1n) is 6.17. The maximum Gasteiger partial charge on any atom is 0.0678 e. The molecule has 0 aromatic carbocycles. The van der Waals surface area contributed by atoms with Crippen LogP contribution in [0.3, 0.4) is 0 Å². The Balaban J connectivity index is 2.76. The lowest BCUT2D eigenvalue weighted by Crippen LogP contribution is -2.62. The van der Waals surface area contributed by atoms with Gasteiger partial charge in [-0.1, -0.05) is 6.92 Å². The lowest BCUT2D eigenvalue weighted by Gasteiger charge is -2.47. The molecule has 1 saturated heterocycles. The summed E-state index contributed by atoms with van der Waals surface area (Å²) in [6.45, 7) is 9.63. The minimum atomic E-state index is -0.0267. The molecule has 1 heterocycles. The molecule has 3 atom stereocenters. The first kappa shape index (κ1) is 13.9. The molecule has 0 aliphatic carbocycles. The average Bonchev–Trinajstić information content (AvgIpc) is 2.24. The van der Waals surface area contributed by atoms with Gasteiger partial charge >= 0.3 is 0 Å². The topological polar surface area (TPSA) is 47.7 Å². The Labute approximate surface area is 99.1 Å². The third-order valence-electron chi connectivity index (χ3n) is 3.54. The number of nitrogens with zero attached hydrogens (tertiary/aromatic N) is 1. The number of hydrogen-bond donors (Lipinski definition) is 1. The van der Waals surface area contributed by atoms with Crippen molar-refractivity contribution in [1.29, 1.82) is 0 Å². The smallest absolute Gasteiger partial charge is 0.0678 e. The number of morpholine rings is 1. The molecule has 2 N–H and O–H groups in total. The van der Waals surface area contributed by atoms with Crippen molar-refractivity contribution < 1.29 is 9.47 Å². The fourth-order valence-corrected chi connectivity index (χ4v) is 2.58. The molecule has 0 radical (unpaired) electrons. The monoisotopic (exact) mass is 230 g/mol. The van der Waals surface area contributed by atoms with Gasteiger partial charge in [0.25, 0.3) is 0 Å². The zero-order chi connectivity index (χ0) is 12.2. The molecular formula is C12H26N2O2. The summed E-state index contributed by atoms with van der Waals surface area (Å²) >= 11 is 0. The van der Waals surface area contributed by atoms with Crippen molar-refractivity contribution >= 4 is 0 Å². The van der Waals surface area contributed by atoms with Gasteiger partial charge in [0.1, 0.15) is 0 Å². The molecule has 0 aromatic heterocycles. The largest absolute Gasteiger partial charge is 0.383 e.